The maximum atomic E-state index is 10.9. The largest absolute Gasteiger partial charge is 0.366 e. The Morgan fingerprint density at radius 3 is 3.00 bits per heavy atom. The van der Waals surface area contributed by atoms with E-state index in [2.05, 4.69) is 11.2 Å². The van der Waals surface area contributed by atoms with Crippen molar-refractivity contribution in [3.05, 3.63) is 35.4 Å². The maximum Gasteiger partial charge on any atom is 0.248 e. The average molecular weight is 202 g/mol. The van der Waals surface area contributed by atoms with Gasteiger partial charge in [-0.2, -0.15) is 0 Å². The number of hydrogen-bond acceptors (Lipinski definition) is 2. The lowest BCUT2D eigenvalue weighted by Gasteiger charge is -2.07. The second kappa shape index (κ2) is 5.18. The van der Waals surface area contributed by atoms with Crippen molar-refractivity contribution in [2.75, 3.05) is 0 Å². The van der Waals surface area contributed by atoms with Crippen LogP contribution in [0.5, 0.6) is 0 Å². The Labute approximate surface area is 89.7 Å². The van der Waals surface area contributed by atoms with Gasteiger partial charge in [0, 0.05) is 12.1 Å². The summed E-state index contributed by atoms with van der Waals surface area (Å²) >= 11 is 0. The number of carbonyl (C=O) groups excluding carboxylic acids is 1. The van der Waals surface area contributed by atoms with E-state index in [0.29, 0.717) is 12.1 Å². The predicted molar refractivity (Wildman–Crippen MR) is 60.1 cm³/mol. The van der Waals surface area contributed by atoms with Gasteiger partial charge >= 0.3 is 0 Å². The standard InChI is InChI=1S/C12H14N2O/c1-3-9(2)14-8-10-5-4-6-11(7-10)12(13)15/h1,4-7,9,14H,8H2,2H3,(H2,13,15). The third-order valence-corrected chi connectivity index (χ3v) is 2.07. The number of primary amides is 1. The van der Waals surface area contributed by atoms with Crippen LogP contribution in [-0.4, -0.2) is 11.9 Å². The zero-order chi connectivity index (χ0) is 11.3. The monoisotopic (exact) mass is 202 g/mol. The quantitative estimate of drug-likeness (QED) is 0.713. The number of carbonyl (C=O) groups is 1. The van der Waals surface area contributed by atoms with E-state index in [1.54, 1.807) is 18.2 Å². The molecular weight excluding hydrogens is 188 g/mol. The molecule has 0 radical (unpaired) electrons. The molecule has 1 aromatic rings. The molecule has 0 aliphatic carbocycles. The molecule has 1 aromatic carbocycles. The van der Waals surface area contributed by atoms with E-state index in [0.717, 1.165) is 5.56 Å². The normalized spacial score (nSPS) is 11.7. The van der Waals surface area contributed by atoms with Gasteiger partial charge in [-0.25, -0.2) is 0 Å². The molecule has 0 aliphatic heterocycles. The SMILES string of the molecule is C#CC(C)NCc1cccc(C(N)=O)c1. The zero-order valence-electron chi connectivity index (χ0n) is 8.66. The molecule has 0 saturated heterocycles. The molecule has 3 heteroatoms. The molecule has 0 aromatic heterocycles. The van der Waals surface area contributed by atoms with Gasteiger partial charge in [-0.15, -0.1) is 6.42 Å². The van der Waals surface area contributed by atoms with Crippen LogP contribution in [0.1, 0.15) is 22.8 Å². The molecule has 3 nitrogen and oxygen atoms in total. The fraction of sp³-hybridized carbons (Fsp3) is 0.250. The highest BCUT2D eigenvalue weighted by molar-refractivity contribution is 5.92. The summed E-state index contributed by atoms with van der Waals surface area (Å²) in [6, 6.07) is 7.19. The number of hydrogen-bond donors (Lipinski definition) is 2. The fourth-order valence-corrected chi connectivity index (χ4v) is 1.16. The molecule has 0 fully saturated rings. The smallest absolute Gasteiger partial charge is 0.248 e. The second-order valence-electron chi connectivity index (χ2n) is 3.33. The molecule has 0 heterocycles. The number of terminal acetylenes is 1. The fourth-order valence-electron chi connectivity index (χ4n) is 1.16. The van der Waals surface area contributed by atoms with Crippen molar-refractivity contribution >= 4 is 5.91 Å². The van der Waals surface area contributed by atoms with Crippen molar-refractivity contribution in [3.63, 3.8) is 0 Å². The van der Waals surface area contributed by atoms with E-state index < -0.39 is 5.91 Å². The summed E-state index contributed by atoms with van der Waals surface area (Å²) in [4.78, 5) is 10.9. The highest BCUT2D eigenvalue weighted by Gasteiger charge is 2.01. The molecule has 15 heavy (non-hydrogen) atoms. The van der Waals surface area contributed by atoms with Gasteiger partial charge in [0.25, 0.3) is 0 Å². The van der Waals surface area contributed by atoms with Gasteiger partial charge in [-0.05, 0) is 24.6 Å². The van der Waals surface area contributed by atoms with Gasteiger partial charge in [0.1, 0.15) is 0 Å². The van der Waals surface area contributed by atoms with Crippen molar-refractivity contribution in [1.29, 1.82) is 0 Å². The van der Waals surface area contributed by atoms with Crippen molar-refractivity contribution in [3.8, 4) is 12.3 Å². The Balaban J connectivity index is 2.67. The Bertz CT molecular complexity index is 393. The van der Waals surface area contributed by atoms with Gasteiger partial charge in [0.15, 0.2) is 0 Å². The molecule has 0 saturated carbocycles. The molecule has 0 spiro atoms. The zero-order valence-corrected chi connectivity index (χ0v) is 8.66. The minimum atomic E-state index is -0.415. The number of nitrogens with one attached hydrogen (secondary N) is 1. The summed E-state index contributed by atoms with van der Waals surface area (Å²) < 4.78 is 0. The molecule has 3 N–H and O–H groups in total. The van der Waals surface area contributed by atoms with E-state index in [1.807, 2.05) is 13.0 Å². The van der Waals surface area contributed by atoms with Crippen LogP contribution >= 0.6 is 0 Å². The number of nitrogens with two attached hydrogens (primary N) is 1. The van der Waals surface area contributed by atoms with Gasteiger partial charge in [0.2, 0.25) is 5.91 Å². The first-order chi connectivity index (χ1) is 7.13. The van der Waals surface area contributed by atoms with Crippen LogP contribution in [0, 0.1) is 12.3 Å². The Kier molecular flexibility index (Phi) is 3.90. The summed E-state index contributed by atoms with van der Waals surface area (Å²) in [5, 5.41) is 3.13. The third-order valence-electron chi connectivity index (χ3n) is 2.07. The molecular formula is C12H14N2O. The molecule has 1 atom stereocenters. The summed E-state index contributed by atoms with van der Waals surface area (Å²) in [6.45, 7) is 2.53. The number of benzene rings is 1. The molecule has 1 unspecified atom stereocenters. The third kappa shape index (κ3) is 3.45. The lowest BCUT2D eigenvalue weighted by molar-refractivity contribution is 0.1000. The first kappa shape index (κ1) is 11.3. The highest BCUT2D eigenvalue weighted by atomic mass is 16.1. The van der Waals surface area contributed by atoms with Crippen molar-refractivity contribution in [2.24, 2.45) is 5.73 Å². The van der Waals surface area contributed by atoms with Crippen LogP contribution in [0.2, 0.25) is 0 Å². The molecule has 1 rings (SSSR count). The van der Waals surface area contributed by atoms with E-state index in [4.69, 9.17) is 12.2 Å². The van der Waals surface area contributed by atoms with Crippen LogP contribution in [0.4, 0.5) is 0 Å². The minimum absolute atomic E-state index is 0.0160. The summed E-state index contributed by atoms with van der Waals surface area (Å²) in [5.74, 6) is 2.15. The predicted octanol–water partition coefficient (Wildman–Crippen LogP) is 0.897. The van der Waals surface area contributed by atoms with E-state index in [9.17, 15) is 4.79 Å². The minimum Gasteiger partial charge on any atom is -0.366 e. The first-order valence-electron chi connectivity index (χ1n) is 4.71. The lowest BCUT2D eigenvalue weighted by atomic mass is 10.1. The van der Waals surface area contributed by atoms with E-state index >= 15 is 0 Å². The Hall–Kier alpha value is -1.79. The van der Waals surface area contributed by atoms with Crippen LogP contribution in [0.15, 0.2) is 24.3 Å². The molecule has 78 valence electrons. The van der Waals surface area contributed by atoms with Crippen LogP contribution < -0.4 is 11.1 Å². The average Bonchev–Trinajstić information content (AvgIpc) is 2.26. The van der Waals surface area contributed by atoms with Crippen LogP contribution in [0.3, 0.4) is 0 Å². The van der Waals surface area contributed by atoms with Crippen LogP contribution in [-0.2, 0) is 6.54 Å². The molecule has 1 amide bonds. The summed E-state index contributed by atoms with van der Waals surface area (Å²) in [5.41, 5.74) is 6.68. The topological polar surface area (TPSA) is 55.1 Å². The highest BCUT2D eigenvalue weighted by Crippen LogP contribution is 2.04. The van der Waals surface area contributed by atoms with E-state index in [-0.39, 0.29) is 6.04 Å². The molecule has 0 aliphatic rings. The second-order valence-corrected chi connectivity index (χ2v) is 3.33. The maximum absolute atomic E-state index is 10.9. The summed E-state index contributed by atoms with van der Waals surface area (Å²) in [7, 11) is 0. The number of rotatable bonds is 4. The number of amides is 1. The van der Waals surface area contributed by atoms with Crippen molar-refractivity contribution in [1.82, 2.24) is 5.32 Å². The van der Waals surface area contributed by atoms with Crippen molar-refractivity contribution in [2.45, 2.75) is 19.5 Å². The van der Waals surface area contributed by atoms with Gasteiger partial charge < -0.3 is 5.73 Å². The van der Waals surface area contributed by atoms with Gasteiger partial charge in [-0.3, -0.25) is 10.1 Å². The molecule has 0 bridgehead atoms. The lowest BCUT2D eigenvalue weighted by Crippen LogP contribution is -2.23. The Morgan fingerprint density at radius 2 is 2.40 bits per heavy atom. The van der Waals surface area contributed by atoms with Gasteiger partial charge in [0.05, 0.1) is 6.04 Å². The summed E-state index contributed by atoms with van der Waals surface area (Å²) in [6.07, 6.45) is 5.23. The van der Waals surface area contributed by atoms with E-state index in [1.165, 1.54) is 0 Å². The Morgan fingerprint density at radius 1 is 1.67 bits per heavy atom. The van der Waals surface area contributed by atoms with Gasteiger partial charge in [-0.1, -0.05) is 18.1 Å². The first-order valence-corrected chi connectivity index (χ1v) is 4.71. The van der Waals surface area contributed by atoms with Crippen LogP contribution in [0.25, 0.3) is 0 Å². The van der Waals surface area contributed by atoms with Crippen molar-refractivity contribution < 1.29 is 4.79 Å².